The number of carbonyl (C=O) groups excluding carboxylic acids is 1. The molecule has 152 valence electrons. The molecular weight excluding hydrogens is 394 g/mol. The van der Waals surface area contributed by atoms with Crippen LogP contribution in [-0.4, -0.2) is 28.1 Å². The van der Waals surface area contributed by atoms with Crippen molar-refractivity contribution in [2.24, 2.45) is 0 Å². The molecule has 0 saturated heterocycles. The summed E-state index contributed by atoms with van der Waals surface area (Å²) in [6.07, 6.45) is 1.18. The van der Waals surface area contributed by atoms with Crippen LogP contribution in [0.5, 0.6) is 5.75 Å². The van der Waals surface area contributed by atoms with Crippen LogP contribution in [0.25, 0.3) is 0 Å². The number of anilines is 2. The molecular formula is C20H21N3O5S. The van der Waals surface area contributed by atoms with E-state index in [9.17, 15) is 13.2 Å². The Morgan fingerprint density at radius 1 is 1.21 bits per heavy atom. The molecule has 0 aliphatic carbocycles. The van der Waals surface area contributed by atoms with Gasteiger partial charge in [0.15, 0.2) is 5.57 Å². The first kappa shape index (κ1) is 21.8. The van der Waals surface area contributed by atoms with Crippen molar-refractivity contribution in [2.45, 2.75) is 18.7 Å². The molecule has 0 aromatic heterocycles. The molecule has 2 aromatic rings. The zero-order valence-electron chi connectivity index (χ0n) is 16.2. The van der Waals surface area contributed by atoms with Crippen molar-refractivity contribution < 1.29 is 22.7 Å². The molecule has 0 spiro atoms. The number of nitriles is 1. The lowest BCUT2D eigenvalue weighted by molar-refractivity contribution is -0.138. The quantitative estimate of drug-likeness (QED) is 0.386. The summed E-state index contributed by atoms with van der Waals surface area (Å²) < 4.78 is 38.0. The molecule has 9 heteroatoms. The van der Waals surface area contributed by atoms with Crippen LogP contribution in [0.3, 0.4) is 0 Å². The van der Waals surface area contributed by atoms with Crippen molar-refractivity contribution in [1.29, 1.82) is 5.26 Å². The molecule has 2 N–H and O–H groups in total. The van der Waals surface area contributed by atoms with Crippen molar-refractivity contribution in [1.82, 2.24) is 0 Å². The average Bonchev–Trinajstić information content (AvgIpc) is 2.70. The number of methoxy groups -OCH3 is 1. The maximum atomic E-state index is 12.8. The van der Waals surface area contributed by atoms with Gasteiger partial charge in [-0.25, -0.2) is 13.2 Å². The Kier molecular flexibility index (Phi) is 7.22. The van der Waals surface area contributed by atoms with Gasteiger partial charge in [-0.2, -0.15) is 5.26 Å². The summed E-state index contributed by atoms with van der Waals surface area (Å²) in [5.74, 6) is -0.376. The Morgan fingerprint density at radius 3 is 2.59 bits per heavy atom. The van der Waals surface area contributed by atoms with Gasteiger partial charge in [-0.05, 0) is 43.7 Å². The van der Waals surface area contributed by atoms with Crippen molar-refractivity contribution in [3.05, 3.63) is 59.8 Å². The normalized spacial score (nSPS) is 11.3. The van der Waals surface area contributed by atoms with Gasteiger partial charge in [-0.1, -0.05) is 18.2 Å². The van der Waals surface area contributed by atoms with E-state index in [0.29, 0.717) is 17.1 Å². The van der Waals surface area contributed by atoms with Gasteiger partial charge in [0.1, 0.15) is 11.8 Å². The Hall–Kier alpha value is -3.51. The van der Waals surface area contributed by atoms with Crippen LogP contribution in [0.15, 0.2) is 59.1 Å². The molecule has 0 radical (unpaired) electrons. The van der Waals surface area contributed by atoms with Gasteiger partial charge < -0.3 is 14.8 Å². The van der Waals surface area contributed by atoms with Crippen LogP contribution in [-0.2, 0) is 19.6 Å². The Morgan fingerprint density at radius 2 is 1.93 bits per heavy atom. The molecule has 2 rings (SSSR count). The number of nitrogens with zero attached hydrogens (tertiary/aromatic N) is 1. The second kappa shape index (κ2) is 9.61. The highest BCUT2D eigenvalue weighted by molar-refractivity contribution is 7.92. The third-order valence-electron chi connectivity index (χ3n) is 3.86. The SMILES string of the molecule is CCOC(=O)/C(C#N)=C/Nc1cc(S(=O)(=O)Nc2ccccc2OC)ccc1C. The van der Waals surface area contributed by atoms with Gasteiger partial charge in [0.2, 0.25) is 0 Å². The van der Waals surface area contributed by atoms with Crippen molar-refractivity contribution in [3.63, 3.8) is 0 Å². The molecule has 0 aliphatic heterocycles. The molecule has 0 fully saturated rings. The molecule has 0 heterocycles. The van der Waals surface area contributed by atoms with Crippen LogP contribution in [0, 0.1) is 18.3 Å². The third kappa shape index (κ3) is 5.49. The number of hydrogen-bond donors (Lipinski definition) is 2. The van der Waals surface area contributed by atoms with E-state index in [0.717, 1.165) is 5.56 Å². The molecule has 0 bridgehead atoms. The standard InChI is InChI=1S/C20H21N3O5S/c1-4-28-20(24)15(12-21)13-22-18-11-16(10-9-14(18)2)29(25,26)23-17-7-5-6-8-19(17)27-3/h5-11,13,22-23H,4H2,1-3H3/b15-13+. The van der Waals surface area contributed by atoms with Gasteiger partial charge in [-0.3, -0.25) is 4.72 Å². The van der Waals surface area contributed by atoms with Crippen molar-refractivity contribution in [2.75, 3.05) is 23.8 Å². The summed E-state index contributed by atoms with van der Waals surface area (Å²) in [6.45, 7) is 3.53. The predicted molar refractivity (Wildman–Crippen MR) is 109 cm³/mol. The highest BCUT2D eigenvalue weighted by atomic mass is 32.2. The predicted octanol–water partition coefficient (Wildman–Crippen LogP) is 3.19. The molecule has 0 atom stereocenters. The fourth-order valence-electron chi connectivity index (χ4n) is 2.35. The van der Waals surface area contributed by atoms with Crippen molar-refractivity contribution >= 4 is 27.4 Å². The summed E-state index contributed by atoms with van der Waals surface area (Å²) in [6, 6.07) is 12.9. The largest absolute Gasteiger partial charge is 0.495 e. The molecule has 0 unspecified atom stereocenters. The number of nitrogens with one attached hydrogen (secondary N) is 2. The monoisotopic (exact) mass is 415 g/mol. The van der Waals surface area contributed by atoms with Crippen LogP contribution in [0.4, 0.5) is 11.4 Å². The highest BCUT2D eigenvalue weighted by Crippen LogP contribution is 2.27. The zero-order valence-corrected chi connectivity index (χ0v) is 17.0. The highest BCUT2D eigenvalue weighted by Gasteiger charge is 2.18. The summed E-state index contributed by atoms with van der Waals surface area (Å²) in [5.41, 5.74) is 1.22. The fraction of sp³-hybridized carbons (Fsp3) is 0.200. The Bertz CT molecular complexity index is 1070. The van der Waals surface area contributed by atoms with Gasteiger partial charge in [-0.15, -0.1) is 0 Å². The lowest BCUT2D eigenvalue weighted by Gasteiger charge is -2.13. The number of sulfonamides is 1. The van der Waals surface area contributed by atoms with Gasteiger partial charge in [0.05, 0.1) is 24.3 Å². The van der Waals surface area contributed by atoms with E-state index in [1.807, 2.05) is 0 Å². The number of para-hydroxylation sites is 2. The number of ether oxygens (including phenoxy) is 2. The number of hydrogen-bond acceptors (Lipinski definition) is 7. The smallest absolute Gasteiger partial charge is 0.350 e. The first-order valence-electron chi connectivity index (χ1n) is 8.62. The molecule has 0 saturated carbocycles. The van der Waals surface area contributed by atoms with E-state index in [1.54, 1.807) is 50.2 Å². The number of rotatable bonds is 8. The number of aryl methyl sites for hydroxylation is 1. The van der Waals surface area contributed by atoms with Crippen LogP contribution < -0.4 is 14.8 Å². The summed E-state index contributed by atoms with van der Waals surface area (Å²) in [5, 5.41) is 11.9. The van der Waals surface area contributed by atoms with Gasteiger partial charge in [0, 0.05) is 11.9 Å². The number of esters is 1. The topological polar surface area (TPSA) is 118 Å². The summed E-state index contributed by atoms with van der Waals surface area (Å²) >= 11 is 0. The minimum atomic E-state index is -3.90. The Labute approximate surface area is 169 Å². The third-order valence-corrected chi connectivity index (χ3v) is 5.22. The van der Waals surface area contributed by atoms with E-state index >= 15 is 0 Å². The Balaban J connectivity index is 2.32. The van der Waals surface area contributed by atoms with Crippen LogP contribution in [0.1, 0.15) is 12.5 Å². The summed E-state index contributed by atoms with van der Waals surface area (Å²) in [7, 11) is -2.45. The van der Waals surface area contributed by atoms with E-state index in [4.69, 9.17) is 14.7 Å². The van der Waals surface area contributed by atoms with Crippen molar-refractivity contribution in [3.8, 4) is 11.8 Å². The van der Waals surface area contributed by atoms with E-state index in [1.165, 1.54) is 25.4 Å². The maximum Gasteiger partial charge on any atom is 0.350 e. The molecule has 0 aliphatic rings. The van der Waals surface area contributed by atoms with E-state index in [-0.39, 0.29) is 17.1 Å². The molecule has 8 nitrogen and oxygen atoms in total. The molecule has 0 amide bonds. The zero-order chi connectivity index (χ0) is 21.4. The van der Waals surface area contributed by atoms with Crippen LogP contribution in [0.2, 0.25) is 0 Å². The minimum absolute atomic E-state index is 0.000418. The summed E-state index contributed by atoms with van der Waals surface area (Å²) in [4.78, 5) is 11.7. The number of benzene rings is 2. The lowest BCUT2D eigenvalue weighted by atomic mass is 10.2. The van der Waals surface area contributed by atoms with Gasteiger partial charge >= 0.3 is 5.97 Å². The second-order valence-electron chi connectivity index (χ2n) is 5.82. The molecule has 29 heavy (non-hydrogen) atoms. The van der Waals surface area contributed by atoms with E-state index < -0.39 is 16.0 Å². The minimum Gasteiger partial charge on any atom is -0.495 e. The second-order valence-corrected chi connectivity index (χ2v) is 7.50. The number of carbonyl (C=O) groups is 1. The van der Waals surface area contributed by atoms with Gasteiger partial charge in [0.25, 0.3) is 10.0 Å². The van der Waals surface area contributed by atoms with Crippen LogP contribution >= 0.6 is 0 Å². The lowest BCUT2D eigenvalue weighted by Crippen LogP contribution is -2.14. The van der Waals surface area contributed by atoms with E-state index in [2.05, 4.69) is 10.0 Å². The first-order chi connectivity index (χ1) is 13.8. The first-order valence-corrected chi connectivity index (χ1v) is 10.1. The fourth-order valence-corrected chi connectivity index (χ4v) is 3.45. The molecule has 2 aromatic carbocycles. The average molecular weight is 415 g/mol. The maximum absolute atomic E-state index is 12.8.